The minimum Gasteiger partial charge on any atom is -0.465 e. The first-order valence-corrected chi connectivity index (χ1v) is 12.9. The highest BCUT2D eigenvalue weighted by Gasteiger charge is 2.18. The first-order chi connectivity index (χ1) is 18.4. The number of carbonyl (C=O) groups excluding carboxylic acids is 3. The molecule has 0 unspecified atom stereocenters. The van der Waals surface area contributed by atoms with Gasteiger partial charge in [0, 0.05) is 11.3 Å². The average Bonchev–Trinajstić information content (AvgIpc) is 3.34. The van der Waals surface area contributed by atoms with Crippen LogP contribution in [0.15, 0.2) is 78.0 Å². The molecule has 4 rings (SSSR count). The lowest BCUT2D eigenvalue weighted by molar-refractivity contribution is -0.113. The van der Waals surface area contributed by atoms with E-state index in [0.29, 0.717) is 22.2 Å². The zero-order valence-electron chi connectivity index (χ0n) is 20.6. The van der Waals surface area contributed by atoms with Gasteiger partial charge in [-0.25, -0.2) is 4.79 Å². The predicted molar refractivity (Wildman–Crippen MR) is 146 cm³/mol. The Labute approximate surface area is 228 Å². The first kappa shape index (κ1) is 26.9. The molecule has 0 aliphatic carbocycles. The molecule has 2 N–H and O–H groups in total. The number of hydrogen-bond acceptors (Lipinski definition) is 7. The minimum absolute atomic E-state index is 0.000596. The van der Waals surface area contributed by atoms with E-state index >= 15 is 0 Å². The largest absolute Gasteiger partial charge is 0.465 e. The SMILES string of the molecule is COC(=O)c1ccc(Cl)c(NC(=O)CSc2nnc(CNC(=O)c3cccc(C)c3)n2-c2ccccc2)c1. The molecular weight excluding hydrogens is 526 g/mol. The number of halogens is 1. The van der Waals surface area contributed by atoms with Crippen molar-refractivity contribution in [1.29, 1.82) is 0 Å². The summed E-state index contributed by atoms with van der Waals surface area (Å²) in [6, 6.07) is 21.2. The summed E-state index contributed by atoms with van der Waals surface area (Å²) in [6.45, 7) is 2.06. The predicted octanol–water partition coefficient (Wildman–Crippen LogP) is 4.68. The smallest absolute Gasteiger partial charge is 0.337 e. The fraction of sp³-hybridized carbons (Fsp3) is 0.148. The van der Waals surface area contributed by atoms with E-state index < -0.39 is 5.97 Å². The number of amides is 2. The molecule has 11 heteroatoms. The molecule has 0 spiro atoms. The van der Waals surface area contributed by atoms with Gasteiger partial charge in [-0.05, 0) is 49.4 Å². The monoisotopic (exact) mass is 549 g/mol. The summed E-state index contributed by atoms with van der Waals surface area (Å²) in [5.41, 5.74) is 2.89. The Morgan fingerprint density at radius 1 is 0.974 bits per heavy atom. The van der Waals surface area contributed by atoms with Crippen molar-refractivity contribution in [3.63, 3.8) is 0 Å². The molecule has 9 nitrogen and oxygen atoms in total. The maximum atomic E-state index is 12.7. The van der Waals surface area contributed by atoms with Crippen LogP contribution < -0.4 is 10.6 Å². The number of aromatic nitrogens is 3. The lowest BCUT2D eigenvalue weighted by Crippen LogP contribution is -2.24. The minimum atomic E-state index is -0.537. The lowest BCUT2D eigenvalue weighted by atomic mass is 10.1. The Kier molecular flexibility index (Phi) is 8.77. The molecule has 194 valence electrons. The molecule has 4 aromatic rings. The van der Waals surface area contributed by atoms with Crippen LogP contribution in [0.4, 0.5) is 5.69 Å². The number of nitrogens with one attached hydrogen (secondary N) is 2. The number of para-hydroxylation sites is 1. The number of aryl methyl sites for hydroxylation is 1. The van der Waals surface area contributed by atoms with Crippen LogP contribution in [0.25, 0.3) is 5.69 Å². The van der Waals surface area contributed by atoms with E-state index in [1.807, 2.05) is 55.5 Å². The average molecular weight is 550 g/mol. The van der Waals surface area contributed by atoms with Crippen LogP contribution >= 0.6 is 23.4 Å². The molecular formula is C27H24ClN5O4S. The number of rotatable bonds is 9. The van der Waals surface area contributed by atoms with E-state index in [1.54, 1.807) is 10.6 Å². The van der Waals surface area contributed by atoms with Gasteiger partial charge in [0.2, 0.25) is 5.91 Å². The molecule has 0 aliphatic rings. The second-order valence-corrected chi connectivity index (χ2v) is 9.49. The number of benzene rings is 3. The summed E-state index contributed by atoms with van der Waals surface area (Å²) in [7, 11) is 1.27. The summed E-state index contributed by atoms with van der Waals surface area (Å²) in [5, 5.41) is 14.9. The summed E-state index contributed by atoms with van der Waals surface area (Å²) in [4.78, 5) is 37.2. The van der Waals surface area contributed by atoms with Crippen LogP contribution in [0.1, 0.15) is 32.1 Å². The van der Waals surface area contributed by atoms with Gasteiger partial charge in [-0.1, -0.05) is 59.3 Å². The molecule has 0 aliphatic heterocycles. The highest BCUT2D eigenvalue weighted by atomic mass is 35.5. The van der Waals surface area contributed by atoms with Crippen molar-refractivity contribution in [2.75, 3.05) is 18.2 Å². The number of anilines is 1. The first-order valence-electron chi connectivity index (χ1n) is 11.5. The van der Waals surface area contributed by atoms with Gasteiger partial charge in [0.25, 0.3) is 5.91 Å². The number of esters is 1. The van der Waals surface area contributed by atoms with Crippen LogP contribution in [-0.2, 0) is 16.1 Å². The molecule has 0 fully saturated rings. The van der Waals surface area contributed by atoms with Crippen molar-refractivity contribution in [1.82, 2.24) is 20.1 Å². The summed E-state index contributed by atoms with van der Waals surface area (Å²) in [6.07, 6.45) is 0. The zero-order chi connectivity index (χ0) is 27.1. The van der Waals surface area contributed by atoms with Gasteiger partial charge in [-0.3, -0.25) is 14.2 Å². The van der Waals surface area contributed by atoms with E-state index in [4.69, 9.17) is 16.3 Å². The highest BCUT2D eigenvalue weighted by Crippen LogP contribution is 2.25. The quantitative estimate of drug-likeness (QED) is 0.230. The maximum absolute atomic E-state index is 12.7. The van der Waals surface area contributed by atoms with Crippen molar-refractivity contribution in [3.05, 3.63) is 100 Å². The van der Waals surface area contributed by atoms with Crippen molar-refractivity contribution in [2.45, 2.75) is 18.6 Å². The van der Waals surface area contributed by atoms with Crippen molar-refractivity contribution < 1.29 is 19.1 Å². The number of methoxy groups -OCH3 is 1. The molecule has 0 radical (unpaired) electrons. The molecule has 2 amide bonds. The molecule has 3 aromatic carbocycles. The van der Waals surface area contributed by atoms with E-state index in [9.17, 15) is 14.4 Å². The number of nitrogens with zero attached hydrogens (tertiary/aromatic N) is 3. The van der Waals surface area contributed by atoms with Crippen molar-refractivity contribution in [3.8, 4) is 5.69 Å². The van der Waals surface area contributed by atoms with Gasteiger partial charge < -0.3 is 15.4 Å². The fourth-order valence-corrected chi connectivity index (χ4v) is 4.51. The summed E-state index contributed by atoms with van der Waals surface area (Å²) >= 11 is 7.37. The number of carbonyl (C=O) groups is 3. The van der Waals surface area contributed by atoms with Crippen LogP contribution in [0.2, 0.25) is 5.02 Å². The second kappa shape index (κ2) is 12.4. The fourth-order valence-electron chi connectivity index (χ4n) is 3.57. The standard InChI is InChI=1S/C27H24ClN5O4S/c1-17-7-6-8-18(13-17)25(35)29-15-23-31-32-27(33(23)20-9-4-3-5-10-20)38-16-24(34)30-22-14-19(26(36)37-2)11-12-21(22)28/h3-14H,15-16H2,1-2H3,(H,29,35)(H,30,34). The zero-order valence-corrected chi connectivity index (χ0v) is 22.2. The molecule has 0 saturated heterocycles. The number of hydrogen-bond donors (Lipinski definition) is 2. The third-order valence-corrected chi connectivity index (χ3v) is 6.65. The van der Waals surface area contributed by atoms with Crippen molar-refractivity contribution >= 4 is 46.8 Å². The second-order valence-electron chi connectivity index (χ2n) is 8.14. The lowest BCUT2D eigenvalue weighted by Gasteiger charge is -2.12. The van der Waals surface area contributed by atoms with Crippen molar-refractivity contribution in [2.24, 2.45) is 0 Å². The highest BCUT2D eigenvalue weighted by molar-refractivity contribution is 7.99. The van der Waals surface area contributed by atoms with Crippen LogP contribution in [-0.4, -0.2) is 45.4 Å². The Morgan fingerprint density at radius 2 is 1.76 bits per heavy atom. The van der Waals surface area contributed by atoms with Gasteiger partial charge in [0.1, 0.15) is 0 Å². The van der Waals surface area contributed by atoms with E-state index in [1.165, 1.54) is 37.1 Å². The van der Waals surface area contributed by atoms with Crippen LogP contribution in [0.3, 0.4) is 0 Å². The molecule has 0 bridgehead atoms. The molecule has 1 aromatic heterocycles. The third kappa shape index (κ3) is 6.58. The van der Waals surface area contributed by atoms with Gasteiger partial charge in [0.05, 0.1) is 35.7 Å². The Hall–Kier alpha value is -4.15. The summed E-state index contributed by atoms with van der Waals surface area (Å²) < 4.78 is 6.51. The maximum Gasteiger partial charge on any atom is 0.337 e. The Morgan fingerprint density at radius 3 is 2.50 bits per heavy atom. The van der Waals surface area contributed by atoms with E-state index in [0.717, 1.165) is 11.3 Å². The van der Waals surface area contributed by atoms with E-state index in [2.05, 4.69) is 20.8 Å². The van der Waals surface area contributed by atoms with Gasteiger partial charge >= 0.3 is 5.97 Å². The number of thioether (sulfide) groups is 1. The van der Waals surface area contributed by atoms with Gasteiger partial charge in [0.15, 0.2) is 11.0 Å². The molecule has 0 saturated carbocycles. The van der Waals surface area contributed by atoms with Crippen LogP contribution in [0.5, 0.6) is 0 Å². The number of ether oxygens (including phenoxy) is 1. The van der Waals surface area contributed by atoms with Crippen LogP contribution in [0, 0.1) is 6.92 Å². The topological polar surface area (TPSA) is 115 Å². The van der Waals surface area contributed by atoms with Gasteiger partial charge in [-0.15, -0.1) is 10.2 Å². The van der Waals surface area contributed by atoms with E-state index in [-0.39, 0.29) is 34.7 Å². The third-order valence-electron chi connectivity index (χ3n) is 5.40. The molecule has 0 atom stereocenters. The Balaban J connectivity index is 1.48. The Bertz CT molecular complexity index is 1480. The van der Waals surface area contributed by atoms with Gasteiger partial charge in [-0.2, -0.15) is 0 Å². The summed E-state index contributed by atoms with van der Waals surface area (Å²) in [5.74, 6) is -0.607. The molecule has 38 heavy (non-hydrogen) atoms. The molecule has 1 heterocycles. The normalized spacial score (nSPS) is 10.6.